The highest BCUT2D eigenvalue weighted by atomic mass is 16.2. The molecule has 0 aromatic heterocycles. The molecule has 2 aliphatic rings. The van der Waals surface area contributed by atoms with Gasteiger partial charge in [0.15, 0.2) is 0 Å². The Morgan fingerprint density at radius 2 is 1.85 bits per heavy atom. The van der Waals surface area contributed by atoms with E-state index in [9.17, 15) is 4.79 Å². The van der Waals surface area contributed by atoms with E-state index < -0.39 is 0 Å². The molecule has 2 unspecified atom stereocenters. The maximum atomic E-state index is 12.6. The zero-order valence-electron chi connectivity index (χ0n) is 12.1. The van der Waals surface area contributed by atoms with E-state index in [0.29, 0.717) is 0 Å². The van der Waals surface area contributed by atoms with E-state index in [-0.39, 0.29) is 18.1 Å². The molecule has 3 rings (SSSR count). The van der Waals surface area contributed by atoms with Gasteiger partial charge in [0.1, 0.15) is 6.04 Å². The van der Waals surface area contributed by atoms with Crippen LogP contribution in [0, 0.1) is 0 Å². The van der Waals surface area contributed by atoms with Crippen LogP contribution in [0.2, 0.25) is 0 Å². The molecule has 2 aliphatic heterocycles. The minimum Gasteiger partial charge on any atom is -0.324 e. The number of carbonyl (C=O) groups is 1. The van der Waals surface area contributed by atoms with Gasteiger partial charge < -0.3 is 9.80 Å². The van der Waals surface area contributed by atoms with Gasteiger partial charge in [0.2, 0.25) is 5.91 Å². The lowest BCUT2D eigenvalue weighted by Crippen LogP contribution is -2.40. The fourth-order valence-corrected chi connectivity index (χ4v) is 3.20. The third-order valence-corrected chi connectivity index (χ3v) is 4.39. The van der Waals surface area contributed by atoms with Crippen molar-refractivity contribution in [3.8, 4) is 0 Å². The highest BCUT2D eigenvalue weighted by Crippen LogP contribution is 2.23. The predicted octanol–water partition coefficient (Wildman–Crippen LogP) is 1.60. The van der Waals surface area contributed by atoms with Crippen LogP contribution in [0.4, 0.5) is 0 Å². The summed E-state index contributed by atoms with van der Waals surface area (Å²) >= 11 is 0. The van der Waals surface area contributed by atoms with Crippen LogP contribution in [0.25, 0.3) is 0 Å². The summed E-state index contributed by atoms with van der Waals surface area (Å²) in [7, 11) is 0. The maximum Gasteiger partial charge on any atom is 0.245 e. The first-order valence-corrected chi connectivity index (χ1v) is 7.59. The lowest BCUT2D eigenvalue weighted by molar-refractivity contribution is -0.130. The Labute approximate surface area is 120 Å². The van der Waals surface area contributed by atoms with E-state index in [1.165, 1.54) is 25.9 Å². The summed E-state index contributed by atoms with van der Waals surface area (Å²) < 4.78 is 0. The summed E-state index contributed by atoms with van der Waals surface area (Å²) in [5.74, 6) is 0.211. The van der Waals surface area contributed by atoms with Crippen LogP contribution >= 0.6 is 0 Å². The van der Waals surface area contributed by atoms with Crippen molar-refractivity contribution in [1.82, 2.24) is 15.1 Å². The number of likely N-dealkylation sites (tertiary alicyclic amines) is 1. The smallest absolute Gasteiger partial charge is 0.245 e. The molecular formula is C16H23N3O. The SMILES string of the molecule is CC1NC(c2ccccc2)C(=O)N1CCN1CCCC1. The molecule has 1 N–H and O–H groups in total. The fraction of sp³-hybridized carbons (Fsp3) is 0.562. The Kier molecular flexibility index (Phi) is 4.03. The lowest BCUT2D eigenvalue weighted by Gasteiger charge is -2.24. The molecule has 4 nitrogen and oxygen atoms in total. The quantitative estimate of drug-likeness (QED) is 0.905. The summed E-state index contributed by atoms with van der Waals surface area (Å²) in [4.78, 5) is 17.0. The van der Waals surface area contributed by atoms with Gasteiger partial charge in [-0.25, -0.2) is 0 Å². The molecule has 0 aliphatic carbocycles. The number of rotatable bonds is 4. The topological polar surface area (TPSA) is 35.6 Å². The Morgan fingerprint density at radius 3 is 2.55 bits per heavy atom. The molecule has 0 saturated carbocycles. The molecule has 1 aromatic carbocycles. The number of benzene rings is 1. The second kappa shape index (κ2) is 5.94. The molecule has 2 fully saturated rings. The molecule has 1 amide bonds. The monoisotopic (exact) mass is 273 g/mol. The summed E-state index contributed by atoms with van der Waals surface area (Å²) in [5, 5.41) is 3.40. The molecule has 1 aromatic rings. The Bertz CT molecular complexity index is 456. The lowest BCUT2D eigenvalue weighted by atomic mass is 10.1. The third-order valence-electron chi connectivity index (χ3n) is 4.39. The van der Waals surface area contributed by atoms with Gasteiger partial charge in [-0.3, -0.25) is 10.1 Å². The van der Waals surface area contributed by atoms with E-state index in [1.54, 1.807) is 0 Å². The van der Waals surface area contributed by atoms with Crippen molar-refractivity contribution in [3.63, 3.8) is 0 Å². The molecule has 2 saturated heterocycles. The van der Waals surface area contributed by atoms with Gasteiger partial charge in [-0.15, -0.1) is 0 Å². The second-order valence-electron chi connectivity index (χ2n) is 5.77. The molecular weight excluding hydrogens is 250 g/mol. The normalized spacial score (nSPS) is 27.4. The summed E-state index contributed by atoms with van der Waals surface area (Å²) in [6, 6.07) is 9.82. The van der Waals surface area contributed by atoms with E-state index in [0.717, 1.165) is 18.7 Å². The summed E-state index contributed by atoms with van der Waals surface area (Å²) in [5.41, 5.74) is 1.06. The third kappa shape index (κ3) is 2.72. The van der Waals surface area contributed by atoms with Crippen molar-refractivity contribution in [3.05, 3.63) is 35.9 Å². The number of hydrogen-bond donors (Lipinski definition) is 1. The molecule has 0 spiro atoms. The molecule has 2 atom stereocenters. The first-order valence-electron chi connectivity index (χ1n) is 7.59. The first kappa shape index (κ1) is 13.6. The number of nitrogens with one attached hydrogen (secondary N) is 1. The van der Waals surface area contributed by atoms with Crippen molar-refractivity contribution in [2.75, 3.05) is 26.2 Å². The van der Waals surface area contributed by atoms with Crippen LogP contribution in [0.1, 0.15) is 31.4 Å². The van der Waals surface area contributed by atoms with E-state index in [4.69, 9.17) is 0 Å². The van der Waals surface area contributed by atoms with Crippen LogP contribution in [0.3, 0.4) is 0 Å². The number of hydrogen-bond acceptors (Lipinski definition) is 3. The number of nitrogens with zero attached hydrogens (tertiary/aromatic N) is 2. The molecule has 20 heavy (non-hydrogen) atoms. The van der Waals surface area contributed by atoms with E-state index in [1.807, 2.05) is 35.2 Å². The van der Waals surface area contributed by atoms with Gasteiger partial charge in [0.25, 0.3) is 0 Å². The van der Waals surface area contributed by atoms with Crippen molar-refractivity contribution >= 4 is 5.91 Å². The van der Waals surface area contributed by atoms with Gasteiger partial charge >= 0.3 is 0 Å². The molecule has 108 valence electrons. The van der Waals surface area contributed by atoms with Crippen molar-refractivity contribution < 1.29 is 4.79 Å². The molecule has 0 radical (unpaired) electrons. The van der Waals surface area contributed by atoms with Gasteiger partial charge in [-0.2, -0.15) is 0 Å². The Balaban J connectivity index is 1.62. The Morgan fingerprint density at radius 1 is 1.15 bits per heavy atom. The van der Waals surface area contributed by atoms with Gasteiger partial charge in [-0.1, -0.05) is 30.3 Å². The van der Waals surface area contributed by atoms with E-state index >= 15 is 0 Å². The maximum absolute atomic E-state index is 12.6. The van der Waals surface area contributed by atoms with Crippen molar-refractivity contribution in [2.24, 2.45) is 0 Å². The van der Waals surface area contributed by atoms with Crippen LogP contribution in [-0.4, -0.2) is 48.1 Å². The van der Waals surface area contributed by atoms with Crippen LogP contribution in [0.5, 0.6) is 0 Å². The van der Waals surface area contributed by atoms with Crippen LogP contribution < -0.4 is 5.32 Å². The average molecular weight is 273 g/mol. The minimum atomic E-state index is -0.176. The number of amides is 1. The van der Waals surface area contributed by atoms with Gasteiger partial charge in [-0.05, 0) is 38.4 Å². The van der Waals surface area contributed by atoms with E-state index in [2.05, 4.69) is 17.1 Å². The average Bonchev–Trinajstić information content (AvgIpc) is 3.07. The first-order chi connectivity index (χ1) is 9.75. The zero-order valence-corrected chi connectivity index (χ0v) is 12.1. The fourth-order valence-electron chi connectivity index (χ4n) is 3.20. The van der Waals surface area contributed by atoms with Crippen molar-refractivity contribution in [2.45, 2.75) is 32.0 Å². The second-order valence-corrected chi connectivity index (χ2v) is 5.77. The molecule has 4 heteroatoms. The largest absolute Gasteiger partial charge is 0.324 e. The minimum absolute atomic E-state index is 0.121. The summed E-state index contributed by atoms with van der Waals surface area (Å²) in [6.45, 7) is 6.28. The summed E-state index contributed by atoms with van der Waals surface area (Å²) in [6.07, 6.45) is 2.72. The van der Waals surface area contributed by atoms with Gasteiger partial charge in [0, 0.05) is 13.1 Å². The van der Waals surface area contributed by atoms with Crippen LogP contribution in [-0.2, 0) is 4.79 Å². The standard InChI is InChI=1S/C16H23N3O/c1-13-17-15(14-7-3-2-4-8-14)16(20)19(13)12-11-18-9-5-6-10-18/h2-4,7-8,13,15,17H,5-6,9-12H2,1H3. The van der Waals surface area contributed by atoms with Crippen LogP contribution in [0.15, 0.2) is 30.3 Å². The predicted molar refractivity (Wildman–Crippen MR) is 79.2 cm³/mol. The Hall–Kier alpha value is -1.39. The molecule has 2 heterocycles. The van der Waals surface area contributed by atoms with Crippen molar-refractivity contribution in [1.29, 1.82) is 0 Å². The van der Waals surface area contributed by atoms with Gasteiger partial charge in [0.05, 0.1) is 6.17 Å². The zero-order chi connectivity index (χ0) is 13.9. The highest BCUT2D eigenvalue weighted by molar-refractivity contribution is 5.85. The number of carbonyl (C=O) groups excluding carboxylic acids is 1. The highest BCUT2D eigenvalue weighted by Gasteiger charge is 2.37. The molecule has 0 bridgehead atoms.